The topological polar surface area (TPSA) is 110 Å². The second kappa shape index (κ2) is 8.11. The minimum Gasteiger partial charge on any atom is -0.508 e. The zero-order valence-electron chi connectivity index (χ0n) is 11.8. The number of urea groups is 1. The van der Waals surface area contributed by atoms with Gasteiger partial charge in [-0.2, -0.15) is 0 Å². The van der Waals surface area contributed by atoms with Crippen LogP contribution < -0.4 is 5.32 Å². The molecule has 0 aliphatic carbocycles. The van der Waals surface area contributed by atoms with Crippen LogP contribution >= 0.6 is 0 Å². The molecule has 0 fully saturated rings. The number of phenolic OH excluding ortho intramolecular Hbond substituents is 1. The van der Waals surface area contributed by atoms with Crippen LogP contribution in [0.2, 0.25) is 0 Å². The Labute approximate surface area is 122 Å². The molecule has 0 radical (unpaired) electrons. The molecule has 21 heavy (non-hydrogen) atoms. The first-order valence-corrected chi connectivity index (χ1v) is 6.65. The summed E-state index contributed by atoms with van der Waals surface area (Å²) >= 11 is 0. The van der Waals surface area contributed by atoms with Gasteiger partial charge in [-0.3, -0.25) is 0 Å². The molecular weight excluding hydrogens is 276 g/mol. The summed E-state index contributed by atoms with van der Waals surface area (Å²) < 4.78 is 0. The number of carbonyl (C=O) groups excluding carboxylic acids is 1. The number of carbonyl (C=O) groups is 2. The van der Waals surface area contributed by atoms with E-state index in [1.165, 1.54) is 17.0 Å². The molecule has 4 N–H and O–H groups in total. The number of nitrogens with one attached hydrogen (secondary N) is 1. The maximum atomic E-state index is 11.9. The number of nitrogens with zero attached hydrogens (tertiary/aromatic N) is 1. The highest BCUT2D eigenvalue weighted by atomic mass is 16.4. The van der Waals surface area contributed by atoms with Crippen molar-refractivity contribution in [3.05, 3.63) is 29.8 Å². The number of aromatic hydroxyl groups is 1. The van der Waals surface area contributed by atoms with E-state index in [-0.39, 0.29) is 25.3 Å². The van der Waals surface area contributed by atoms with Crippen molar-refractivity contribution in [2.45, 2.75) is 19.4 Å². The van der Waals surface area contributed by atoms with Gasteiger partial charge in [-0.05, 0) is 24.6 Å². The van der Waals surface area contributed by atoms with Crippen LogP contribution in [-0.4, -0.2) is 58.0 Å². The Morgan fingerprint density at radius 1 is 1.29 bits per heavy atom. The van der Waals surface area contributed by atoms with Crippen molar-refractivity contribution < 1.29 is 24.9 Å². The summed E-state index contributed by atoms with van der Waals surface area (Å²) in [4.78, 5) is 24.5. The number of likely N-dealkylation sites (N-methyl/N-ethyl adjacent to an activating group) is 1. The van der Waals surface area contributed by atoms with Crippen molar-refractivity contribution >= 4 is 12.0 Å². The van der Waals surface area contributed by atoms with Gasteiger partial charge in [-0.25, -0.2) is 9.59 Å². The number of aliphatic carboxylic acids is 1. The summed E-state index contributed by atoms with van der Waals surface area (Å²) in [5, 5.41) is 29.7. The van der Waals surface area contributed by atoms with E-state index in [1.807, 2.05) is 0 Å². The van der Waals surface area contributed by atoms with Crippen molar-refractivity contribution in [2.75, 3.05) is 19.7 Å². The molecule has 0 spiro atoms. The van der Waals surface area contributed by atoms with Crippen molar-refractivity contribution in [3.63, 3.8) is 0 Å². The summed E-state index contributed by atoms with van der Waals surface area (Å²) in [5.41, 5.74) is 0.686. The van der Waals surface area contributed by atoms with E-state index in [2.05, 4.69) is 5.32 Å². The number of carboxylic acid groups (broad SMARTS) is 1. The Kier molecular flexibility index (Phi) is 6.48. The average molecular weight is 296 g/mol. The van der Waals surface area contributed by atoms with Gasteiger partial charge in [0.1, 0.15) is 11.8 Å². The maximum Gasteiger partial charge on any atom is 0.326 e. The van der Waals surface area contributed by atoms with Gasteiger partial charge in [-0.1, -0.05) is 12.1 Å². The Balaban J connectivity index is 2.71. The molecule has 0 aromatic heterocycles. The fraction of sp³-hybridized carbons (Fsp3) is 0.429. The highest BCUT2D eigenvalue weighted by Crippen LogP contribution is 2.11. The molecule has 0 aliphatic heterocycles. The molecule has 1 aromatic rings. The number of phenols is 1. The number of aliphatic hydroxyl groups is 1. The molecule has 1 atom stereocenters. The monoisotopic (exact) mass is 296 g/mol. The fourth-order valence-electron chi connectivity index (χ4n) is 1.83. The Hall–Kier alpha value is -2.28. The lowest BCUT2D eigenvalue weighted by atomic mass is 10.1. The molecule has 2 amide bonds. The quantitative estimate of drug-likeness (QED) is 0.582. The lowest BCUT2D eigenvalue weighted by molar-refractivity contribution is -0.139. The number of carboxylic acids is 1. The average Bonchev–Trinajstić information content (AvgIpc) is 2.45. The van der Waals surface area contributed by atoms with Crippen LogP contribution in [0.25, 0.3) is 0 Å². The first kappa shape index (κ1) is 16.8. The molecule has 1 unspecified atom stereocenters. The van der Waals surface area contributed by atoms with Crippen LogP contribution in [0, 0.1) is 0 Å². The fourth-order valence-corrected chi connectivity index (χ4v) is 1.83. The van der Waals surface area contributed by atoms with E-state index in [1.54, 1.807) is 19.1 Å². The van der Waals surface area contributed by atoms with E-state index in [0.717, 1.165) is 0 Å². The maximum absolute atomic E-state index is 11.9. The largest absolute Gasteiger partial charge is 0.508 e. The first-order chi connectivity index (χ1) is 9.97. The molecule has 0 aliphatic rings. The second-order valence-corrected chi connectivity index (χ2v) is 4.51. The van der Waals surface area contributed by atoms with Gasteiger partial charge in [0.2, 0.25) is 0 Å². The zero-order chi connectivity index (χ0) is 15.8. The van der Waals surface area contributed by atoms with E-state index in [4.69, 9.17) is 5.11 Å². The Morgan fingerprint density at radius 3 is 2.38 bits per heavy atom. The van der Waals surface area contributed by atoms with Gasteiger partial charge in [-0.15, -0.1) is 0 Å². The van der Waals surface area contributed by atoms with Crippen LogP contribution in [-0.2, 0) is 11.2 Å². The molecule has 0 saturated carbocycles. The van der Waals surface area contributed by atoms with Crippen molar-refractivity contribution in [3.8, 4) is 5.75 Å². The molecule has 7 nitrogen and oxygen atoms in total. The molecule has 0 saturated heterocycles. The molecular formula is C14H20N2O5. The molecule has 1 aromatic carbocycles. The zero-order valence-corrected chi connectivity index (χ0v) is 11.8. The molecule has 116 valence electrons. The third-order valence-corrected chi connectivity index (χ3v) is 3.01. The van der Waals surface area contributed by atoms with E-state index in [0.29, 0.717) is 12.1 Å². The van der Waals surface area contributed by atoms with E-state index in [9.17, 15) is 19.8 Å². The number of benzene rings is 1. The predicted octanol–water partition coefficient (Wildman–Crippen LogP) is 0.412. The van der Waals surface area contributed by atoms with Gasteiger partial charge in [0.25, 0.3) is 0 Å². The summed E-state index contributed by atoms with van der Waals surface area (Å²) in [7, 11) is 0. The molecule has 0 heterocycles. The number of hydrogen-bond acceptors (Lipinski definition) is 4. The summed E-state index contributed by atoms with van der Waals surface area (Å²) in [6, 6.07) is 4.51. The normalized spacial score (nSPS) is 11.7. The van der Waals surface area contributed by atoms with Crippen molar-refractivity contribution in [1.82, 2.24) is 10.2 Å². The molecule has 7 heteroatoms. The summed E-state index contributed by atoms with van der Waals surface area (Å²) in [5.74, 6) is -1.05. The van der Waals surface area contributed by atoms with Crippen molar-refractivity contribution in [2.24, 2.45) is 0 Å². The van der Waals surface area contributed by atoms with Gasteiger partial charge in [0.05, 0.1) is 6.61 Å². The highest BCUT2D eigenvalue weighted by molar-refractivity contribution is 5.82. The standard InChI is InChI=1S/C14H20N2O5/c1-2-16(7-8-17)14(21)15-12(13(19)20)9-10-3-5-11(18)6-4-10/h3-6,12,17-18H,2,7-9H2,1H3,(H,15,21)(H,19,20). The van der Waals surface area contributed by atoms with Gasteiger partial charge < -0.3 is 25.5 Å². The van der Waals surface area contributed by atoms with E-state index < -0.39 is 18.0 Å². The van der Waals surface area contributed by atoms with Crippen LogP contribution in [0.4, 0.5) is 4.79 Å². The van der Waals surface area contributed by atoms with Crippen molar-refractivity contribution in [1.29, 1.82) is 0 Å². The number of aliphatic hydroxyl groups excluding tert-OH is 1. The number of rotatable bonds is 7. The summed E-state index contributed by atoms with van der Waals surface area (Å²) in [6.07, 6.45) is 0.109. The summed E-state index contributed by atoms with van der Waals surface area (Å²) in [6.45, 7) is 2.08. The van der Waals surface area contributed by atoms with Gasteiger partial charge in [0, 0.05) is 19.5 Å². The minimum absolute atomic E-state index is 0.0924. The third-order valence-electron chi connectivity index (χ3n) is 3.01. The van der Waals surface area contributed by atoms with Gasteiger partial charge >= 0.3 is 12.0 Å². The predicted molar refractivity (Wildman–Crippen MR) is 76.1 cm³/mol. The van der Waals surface area contributed by atoms with E-state index >= 15 is 0 Å². The number of hydrogen-bond donors (Lipinski definition) is 4. The smallest absolute Gasteiger partial charge is 0.326 e. The highest BCUT2D eigenvalue weighted by Gasteiger charge is 2.22. The van der Waals surface area contributed by atoms with Crippen LogP contribution in [0.3, 0.4) is 0 Å². The SMILES string of the molecule is CCN(CCO)C(=O)NC(Cc1ccc(O)cc1)C(=O)O. The Morgan fingerprint density at radius 2 is 1.90 bits per heavy atom. The second-order valence-electron chi connectivity index (χ2n) is 4.51. The molecule has 1 rings (SSSR count). The third kappa shape index (κ3) is 5.31. The first-order valence-electron chi connectivity index (χ1n) is 6.65. The van der Waals surface area contributed by atoms with Crippen LogP contribution in [0.1, 0.15) is 12.5 Å². The lowest BCUT2D eigenvalue weighted by Crippen LogP contribution is -2.49. The van der Waals surface area contributed by atoms with Crippen LogP contribution in [0.5, 0.6) is 5.75 Å². The minimum atomic E-state index is -1.14. The number of amides is 2. The van der Waals surface area contributed by atoms with Crippen LogP contribution in [0.15, 0.2) is 24.3 Å². The molecule has 0 bridgehead atoms. The lowest BCUT2D eigenvalue weighted by Gasteiger charge is -2.23. The Bertz CT molecular complexity index is 475. The van der Waals surface area contributed by atoms with Gasteiger partial charge in [0.15, 0.2) is 0 Å².